The lowest BCUT2D eigenvalue weighted by Crippen LogP contribution is -2.53. The maximum atomic E-state index is 10.4. The molecule has 0 bridgehead atoms. The molecule has 1 heterocycles. The van der Waals surface area contributed by atoms with Crippen LogP contribution in [0.4, 0.5) is 0 Å². The zero-order valence-electron chi connectivity index (χ0n) is 13.2. The van der Waals surface area contributed by atoms with Crippen molar-refractivity contribution < 1.29 is 14.8 Å². The molecular formula is C16H22BNO3. The van der Waals surface area contributed by atoms with E-state index in [1.165, 1.54) is 0 Å². The van der Waals surface area contributed by atoms with E-state index in [0.29, 0.717) is 5.46 Å². The Morgan fingerprint density at radius 2 is 1.76 bits per heavy atom. The number of aromatic nitrogens is 1. The van der Waals surface area contributed by atoms with Crippen LogP contribution in [0.3, 0.4) is 0 Å². The van der Waals surface area contributed by atoms with Gasteiger partial charge >= 0.3 is 7.12 Å². The summed E-state index contributed by atoms with van der Waals surface area (Å²) in [6, 6.07) is 9.38. The molecule has 0 saturated carbocycles. The topological polar surface area (TPSA) is 62.6 Å². The molecule has 0 atom stereocenters. The maximum absolute atomic E-state index is 10.4. The summed E-state index contributed by atoms with van der Waals surface area (Å²) in [6.07, 6.45) is 0. The van der Waals surface area contributed by atoms with Crippen molar-refractivity contribution in [2.45, 2.75) is 45.8 Å². The highest BCUT2D eigenvalue weighted by Gasteiger charge is 2.39. The standard InChI is InChI=1S/C16H22BNO3/c1-11-9-10-12-13(7-6-8-14(12)18-11)17(20)21-16(4,5)15(2,3)19/h6-10,19-20H,1-5H3. The predicted molar refractivity (Wildman–Crippen MR) is 85.5 cm³/mol. The fourth-order valence-corrected chi connectivity index (χ4v) is 1.98. The van der Waals surface area contributed by atoms with E-state index in [2.05, 4.69) is 4.98 Å². The molecule has 0 aliphatic rings. The molecule has 0 spiro atoms. The lowest BCUT2D eigenvalue weighted by Gasteiger charge is -2.38. The molecule has 0 aliphatic heterocycles. The maximum Gasteiger partial charge on any atom is 0.492 e. The molecule has 112 valence electrons. The largest absolute Gasteiger partial charge is 0.492 e. The minimum atomic E-state index is -1.13. The fraction of sp³-hybridized carbons (Fsp3) is 0.438. The zero-order valence-corrected chi connectivity index (χ0v) is 13.2. The molecule has 4 nitrogen and oxygen atoms in total. The van der Waals surface area contributed by atoms with Crippen molar-refractivity contribution in [3.8, 4) is 0 Å². The molecule has 2 N–H and O–H groups in total. The van der Waals surface area contributed by atoms with Crippen LogP contribution in [0.25, 0.3) is 10.9 Å². The van der Waals surface area contributed by atoms with Gasteiger partial charge in [0.2, 0.25) is 0 Å². The first-order valence-corrected chi connectivity index (χ1v) is 7.06. The molecular weight excluding hydrogens is 265 g/mol. The zero-order chi connectivity index (χ0) is 15.8. The van der Waals surface area contributed by atoms with Crippen LogP contribution in [-0.4, -0.2) is 33.4 Å². The summed E-state index contributed by atoms with van der Waals surface area (Å²) in [7, 11) is -1.13. The Morgan fingerprint density at radius 1 is 1.10 bits per heavy atom. The molecule has 5 heteroatoms. The minimum absolute atomic E-state index is 0.650. The van der Waals surface area contributed by atoms with Gasteiger partial charge in [-0.3, -0.25) is 4.98 Å². The number of hydrogen-bond acceptors (Lipinski definition) is 4. The van der Waals surface area contributed by atoms with Crippen LogP contribution in [0.2, 0.25) is 0 Å². The summed E-state index contributed by atoms with van der Waals surface area (Å²) in [5, 5.41) is 21.4. The van der Waals surface area contributed by atoms with Crippen LogP contribution in [0.1, 0.15) is 33.4 Å². The quantitative estimate of drug-likeness (QED) is 0.842. The van der Waals surface area contributed by atoms with Gasteiger partial charge in [0.1, 0.15) is 0 Å². The van der Waals surface area contributed by atoms with Crippen molar-refractivity contribution in [1.29, 1.82) is 0 Å². The van der Waals surface area contributed by atoms with Crippen LogP contribution in [0.5, 0.6) is 0 Å². The van der Waals surface area contributed by atoms with Gasteiger partial charge in [-0.25, -0.2) is 0 Å². The van der Waals surface area contributed by atoms with E-state index in [-0.39, 0.29) is 0 Å². The molecule has 2 rings (SSSR count). The number of fused-ring (bicyclic) bond motifs is 1. The van der Waals surface area contributed by atoms with Gasteiger partial charge in [0, 0.05) is 5.69 Å². The molecule has 1 aromatic heterocycles. The highest BCUT2D eigenvalue weighted by Crippen LogP contribution is 2.25. The van der Waals surface area contributed by atoms with Gasteiger partial charge in [-0.2, -0.15) is 0 Å². The van der Waals surface area contributed by atoms with Gasteiger partial charge in [-0.05, 0) is 57.6 Å². The lowest BCUT2D eigenvalue weighted by molar-refractivity contribution is -0.0982. The number of nitrogens with zero attached hydrogens (tertiary/aromatic N) is 1. The molecule has 1 aromatic carbocycles. The minimum Gasteiger partial charge on any atom is -0.423 e. The highest BCUT2D eigenvalue weighted by atomic mass is 16.5. The monoisotopic (exact) mass is 287 g/mol. The van der Waals surface area contributed by atoms with Gasteiger partial charge in [0.05, 0.1) is 16.7 Å². The van der Waals surface area contributed by atoms with Gasteiger partial charge in [-0.15, -0.1) is 0 Å². The Bertz CT molecular complexity index is 650. The molecule has 21 heavy (non-hydrogen) atoms. The first-order chi connectivity index (χ1) is 9.62. The second kappa shape index (κ2) is 5.41. The SMILES string of the molecule is Cc1ccc2c(B(O)OC(C)(C)C(C)(C)O)cccc2n1. The summed E-state index contributed by atoms with van der Waals surface area (Å²) in [5.41, 5.74) is 0.417. The normalized spacial score (nSPS) is 12.7. The number of hydrogen-bond donors (Lipinski definition) is 2. The van der Waals surface area contributed by atoms with E-state index in [1.807, 2.05) is 37.3 Å². The summed E-state index contributed by atoms with van der Waals surface area (Å²) in [4.78, 5) is 4.45. The second-order valence-corrected chi connectivity index (χ2v) is 6.41. The summed E-state index contributed by atoms with van der Waals surface area (Å²) < 4.78 is 5.70. The van der Waals surface area contributed by atoms with Crippen LogP contribution in [0, 0.1) is 6.92 Å². The molecule has 0 fully saturated rings. The molecule has 2 aromatic rings. The lowest BCUT2D eigenvalue weighted by atomic mass is 9.74. The van der Waals surface area contributed by atoms with Crippen LogP contribution in [-0.2, 0) is 4.65 Å². The van der Waals surface area contributed by atoms with Crippen LogP contribution < -0.4 is 5.46 Å². The third-order valence-electron chi connectivity index (χ3n) is 4.05. The van der Waals surface area contributed by atoms with Gasteiger partial charge in [0.25, 0.3) is 0 Å². The number of aliphatic hydroxyl groups is 1. The van der Waals surface area contributed by atoms with E-state index in [9.17, 15) is 10.1 Å². The van der Waals surface area contributed by atoms with Gasteiger partial charge in [-0.1, -0.05) is 18.2 Å². The van der Waals surface area contributed by atoms with E-state index >= 15 is 0 Å². The van der Waals surface area contributed by atoms with Crippen molar-refractivity contribution in [2.24, 2.45) is 0 Å². The molecule has 0 aliphatic carbocycles. The molecule has 0 saturated heterocycles. The summed E-state index contributed by atoms with van der Waals surface area (Å²) in [5.74, 6) is 0. The van der Waals surface area contributed by atoms with Crippen molar-refractivity contribution in [1.82, 2.24) is 4.98 Å². The predicted octanol–water partition coefficient (Wildman–Crippen LogP) is 1.80. The van der Waals surface area contributed by atoms with E-state index in [4.69, 9.17) is 4.65 Å². The highest BCUT2D eigenvalue weighted by molar-refractivity contribution is 6.63. The first kappa shape index (κ1) is 16.0. The summed E-state index contributed by atoms with van der Waals surface area (Å²) in [6.45, 7) is 8.76. The fourth-order valence-electron chi connectivity index (χ4n) is 1.98. The molecule has 0 radical (unpaired) electrons. The van der Waals surface area contributed by atoms with E-state index < -0.39 is 18.3 Å². The van der Waals surface area contributed by atoms with Crippen molar-refractivity contribution in [3.63, 3.8) is 0 Å². The van der Waals surface area contributed by atoms with Crippen LogP contribution in [0.15, 0.2) is 30.3 Å². The number of pyridine rings is 1. The van der Waals surface area contributed by atoms with E-state index in [1.54, 1.807) is 27.7 Å². The third-order valence-corrected chi connectivity index (χ3v) is 4.05. The van der Waals surface area contributed by atoms with Crippen molar-refractivity contribution in [2.75, 3.05) is 0 Å². The Labute approximate surface area is 125 Å². The Balaban J connectivity index is 2.38. The summed E-state index contributed by atoms with van der Waals surface area (Å²) >= 11 is 0. The Morgan fingerprint density at radius 3 is 2.38 bits per heavy atom. The molecule has 0 unspecified atom stereocenters. The van der Waals surface area contributed by atoms with Crippen molar-refractivity contribution >= 4 is 23.5 Å². The van der Waals surface area contributed by atoms with Crippen LogP contribution >= 0.6 is 0 Å². The number of benzene rings is 1. The Hall–Kier alpha value is -1.43. The third kappa shape index (κ3) is 3.26. The van der Waals surface area contributed by atoms with Crippen molar-refractivity contribution in [3.05, 3.63) is 36.0 Å². The first-order valence-electron chi connectivity index (χ1n) is 7.06. The second-order valence-electron chi connectivity index (χ2n) is 6.41. The molecule has 0 amide bonds. The average Bonchev–Trinajstić information content (AvgIpc) is 2.35. The number of rotatable bonds is 4. The number of aryl methyl sites for hydroxylation is 1. The van der Waals surface area contributed by atoms with E-state index in [0.717, 1.165) is 16.6 Å². The Kier molecular flexibility index (Phi) is 4.11. The average molecular weight is 287 g/mol. The van der Waals surface area contributed by atoms with Gasteiger partial charge < -0.3 is 14.8 Å². The smallest absolute Gasteiger partial charge is 0.423 e. The van der Waals surface area contributed by atoms with Gasteiger partial charge in [0.15, 0.2) is 0 Å².